The molecule has 0 bridgehead atoms. The molecule has 0 aliphatic rings. The molecule has 3 N–H and O–H groups in total. The van der Waals surface area contributed by atoms with Gasteiger partial charge in [0.25, 0.3) is 11.8 Å². The zero-order chi connectivity index (χ0) is 16.8. The van der Waals surface area contributed by atoms with Gasteiger partial charge in [-0.25, -0.2) is 0 Å². The average Bonchev–Trinajstić information content (AvgIpc) is 2.54. The molecular weight excluding hydrogens is 364 g/mol. The fourth-order valence-corrected chi connectivity index (χ4v) is 2.01. The summed E-state index contributed by atoms with van der Waals surface area (Å²) in [5, 5.41) is 9.64. The molecule has 0 heterocycles. The lowest BCUT2D eigenvalue weighted by Crippen LogP contribution is -2.43. The number of hydrogen-bond acceptors (Lipinski definition) is 4. The second-order valence-corrected chi connectivity index (χ2v) is 5.68. The summed E-state index contributed by atoms with van der Waals surface area (Å²) in [5.74, 6) is -0.754. The minimum absolute atomic E-state index is 0.0825. The monoisotopic (exact) mass is 378 g/mol. The van der Waals surface area contributed by atoms with Crippen molar-refractivity contribution in [2.75, 3.05) is 6.61 Å². The molecule has 0 radical (unpaired) electrons. The van der Waals surface area contributed by atoms with Crippen molar-refractivity contribution >= 4 is 27.7 Å². The van der Waals surface area contributed by atoms with Crippen LogP contribution in [0.25, 0.3) is 0 Å². The van der Waals surface area contributed by atoms with Gasteiger partial charge in [0.2, 0.25) is 0 Å². The van der Waals surface area contributed by atoms with Crippen molar-refractivity contribution in [1.82, 2.24) is 10.9 Å². The summed E-state index contributed by atoms with van der Waals surface area (Å²) >= 11 is 3.30. The molecule has 7 heteroatoms. The van der Waals surface area contributed by atoms with Crippen molar-refractivity contribution < 1.29 is 19.4 Å². The molecule has 0 aliphatic carbocycles. The van der Waals surface area contributed by atoms with E-state index >= 15 is 0 Å². The van der Waals surface area contributed by atoms with Crippen LogP contribution in [0.1, 0.15) is 15.9 Å². The second-order valence-electron chi connectivity index (χ2n) is 4.77. The number of phenols is 1. The van der Waals surface area contributed by atoms with Gasteiger partial charge in [-0.3, -0.25) is 20.4 Å². The Morgan fingerprint density at radius 2 is 1.83 bits per heavy atom. The molecule has 0 atom stereocenters. The van der Waals surface area contributed by atoms with Crippen molar-refractivity contribution in [3.8, 4) is 11.5 Å². The van der Waals surface area contributed by atoms with Crippen molar-refractivity contribution in [2.24, 2.45) is 0 Å². The average molecular weight is 379 g/mol. The van der Waals surface area contributed by atoms with Gasteiger partial charge in [-0.2, -0.15) is 0 Å². The Bertz CT molecular complexity index is 717. The van der Waals surface area contributed by atoms with Crippen molar-refractivity contribution in [2.45, 2.75) is 6.92 Å². The molecule has 0 spiro atoms. The molecule has 23 heavy (non-hydrogen) atoms. The van der Waals surface area contributed by atoms with E-state index in [1.807, 2.05) is 0 Å². The van der Waals surface area contributed by atoms with E-state index in [0.29, 0.717) is 5.75 Å². The standard InChI is InChI=1S/C16H15BrN2O4/c1-10-2-7-14(20)13(8-10)16(22)19-18-15(21)9-23-12-5-3-11(17)4-6-12/h2-8,20H,9H2,1H3,(H,18,21)(H,19,22). The minimum atomic E-state index is -0.608. The number of hydrogen-bond donors (Lipinski definition) is 3. The van der Waals surface area contributed by atoms with E-state index in [0.717, 1.165) is 10.0 Å². The Hall–Kier alpha value is -2.54. The summed E-state index contributed by atoms with van der Waals surface area (Å²) in [6, 6.07) is 11.6. The quantitative estimate of drug-likeness (QED) is 0.712. The lowest BCUT2D eigenvalue weighted by molar-refractivity contribution is -0.123. The first-order valence-corrected chi connectivity index (χ1v) is 7.52. The molecule has 0 aromatic heterocycles. The van der Waals surface area contributed by atoms with E-state index in [-0.39, 0.29) is 17.9 Å². The largest absolute Gasteiger partial charge is 0.507 e. The van der Waals surface area contributed by atoms with Crippen LogP contribution in [0.2, 0.25) is 0 Å². The number of phenolic OH excluding ortho intramolecular Hbond substituents is 1. The molecule has 0 unspecified atom stereocenters. The maximum Gasteiger partial charge on any atom is 0.276 e. The highest BCUT2D eigenvalue weighted by molar-refractivity contribution is 9.10. The number of nitrogens with one attached hydrogen (secondary N) is 2. The maximum absolute atomic E-state index is 11.9. The van der Waals surface area contributed by atoms with Crippen molar-refractivity contribution in [3.05, 3.63) is 58.1 Å². The molecule has 0 fully saturated rings. The molecule has 6 nitrogen and oxygen atoms in total. The number of ether oxygens (including phenoxy) is 1. The summed E-state index contributed by atoms with van der Waals surface area (Å²) in [4.78, 5) is 23.6. The zero-order valence-electron chi connectivity index (χ0n) is 12.3. The van der Waals surface area contributed by atoms with Gasteiger partial charge >= 0.3 is 0 Å². The summed E-state index contributed by atoms with van der Waals surface area (Å²) in [6.45, 7) is 1.54. The lowest BCUT2D eigenvalue weighted by Gasteiger charge is -2.10. The van der Waals surface area contributed by atoms with E-state index in [2.05, 4.69) is 26.8 Å². The fourth-order valence-electron chi connectivity index (χ4n) is 1.74. The number of halogens is 1. The molecule has 120 valence electrons. The fraction of sp³-hybridized carbons (Fsp3) is 0.125. The normalized spacial score (nSPS) is 10.0. The smallest absolute Gasteiger partial charge is 0.276 e. The lowest BCUT2D eigenvalue weighted by atomic mass is 10.1. The molecule has 0 saturated heterocycles. The van der Waals surface area contributed by atoms with Gasteiger partial charge in [-0.1, -0.05) is 27.6 Å². The van der Waals surface area contributed by atoms with Crippen LogP contribution in [0.15, 0.2) is 46.9 Å². The summed E-state index contributed by atoms with van der Waals surface area (Å²) in [6.07, 6.45) is 0. The van der Waals surface area contributed by atoms with E-state index in [1.165, 1.54) is 12.1 Å². The summed E-state index contributed by atoms with van der Waals surface area (Å²) in [7, 11) is 0. The first kappa shape index (κ1) is 16.8. The van der Waals surface area contributed by atoms with Gasteiger partial charge in [-0.15, -0.1) is 0 Å². The summed E-state index contributed by atoms with van der Waals surface area (Å²) in [5.41, 5.74) is 5.35. The van der Waals surface area contributed by atoms with E-state index < -0.39 is 11.8 Å². The molecule has 2 amide bonds. The molecule has 0 aliphatic heterocycles. The number of carbonyl (C=O) groups excluding carboxylic acids is 2. The Morgan fingerprint density at radius 3 is 2.52 bits per heavy atom. The van der Waals surface area contributed by atoms with E-state index in [4.69, 9.17) is 4.74 Å². The van der Waals surface area contributed by atoms with Gasteiger partial charge in [0.15, 0.2) is 6.61 Å². The van der Waals surface area contributed by atoms with Gasteiger partial charge in [0.05, 0.1) is 5.56 Å². The number of amides is 2. The Balaban J connectivity index is 1.83. The van der Waals surface area contributed by atoms with Crippen LogP contribution in [-0.4, -0.2) is 23.5 Å². The third-order valence-corrected chi connectivity index (χ3v) is 3.42. The van der Waals surface area contributed by atoms with Crippen LogP contribution in [0.5, 0.6) is 11.5 Å². The third-order valence-electron chi connectivity index (χ3n) is 2.90. The molecule has 2 rings (SSSR count). The summed E-state index contributed by atoms with van der Waals surface area (Å²) < 4.78 is 6.17. The number of rotatable bonds is 4. The SMILES string of the molecule is Cc1ccc(O)c(C(=O)NNC(=O)COc2ccc(Br)cc2)c1. The molecule has 2 aromatic carbocycles. The van der Waals surface area contributed by atoms with Crippen molar-refractivity contribution in [3.63, 3.8) is 0 Å². The van der Waals surface area contributed by atoms with Crippen LogP contribution in [0.3, 0.4) is 0 Å². The topological polar surface area (TPSA) is 87.7 Å². The third kappa shape index (κ3) is 5.00. The van der Waals surface area contributed by atoms with E-state index in [1.54, 1.807) is 37.3 Å². The van der Waals surface area contributed by atoms with Crippen LogP contribution in [-0.2, 0) is 4.79 Å². The Morgan fingerprint density at radius 1 is 1.13 bits per heavy atom. The van der Waals surface area contributed by atoms with Crippen LogP contribution in [0.4, 0.5) is 0 Å². The number of benzene rings is 2. The zero-order valence-corrected chi connectivity index (χ0v) is 13.9. The first-order chi connectivity index (χ1) is 11.0. The van der Waals surface area contributed by atoms with Gasteiger partial charge in [-0.05, 0) is 43.3 Å². The molecule has 2 aromatic rings. The van der Waals surface area contributed by atoms with Crippen LogP contribution >= 0.6 is 15.9 Å². The van der Waals surface area contributed by atoms with Gasteiger partial charge in [0, 0.05) is 4.47 Å². The molecule has 0 saturated carbocycles. The predicted molar refractivity (Wildman–Crippen MR) is 88.1 cm³/mol. The highest BCUT2D eigenvalue weighted by Crippen LogP contribution is 2.17. The second kappa shape index (κ2) is 7.64. The number of aromatic hydroxyl groups is 1. The van der Waals surface area contributed by atoms with Crippen LogP contribution in [0, 0.1) is 6.92 Å². The highest BCUT2D eigenvalue weighted by Gasteiger charge is 2.12. The molecular formula is C16H15BrN2O4. The van der Waals surface area contributed by atoms with Crippen LogP contribution < -0.4 is 15.6 Å². The predicted octanol–water partition coefficient (Wildman–Crippen LogP) is 2.30. The van der Waals surface area contributed by atoms with Gasteiger partial charge < -0.3 is 9.84 Å². The number of aryl methyl sites for hydroxylation is 1. The Kier molecular flexibility index (Phi) is 5.59. The number of carbonyl (C=O) groups is 2. The minimum Gasteiger partial charge on any atom is -0.507 e. The highest BCUT2D eigenvalue weighted by atomic mass is 79.9. The number of hydrazine groups is 1. The maximum atomic E-state index is 11.9. The first-order valence-electron chi connectivity index (χ1n) is 6.73. The Labute approximate surface area is 141 Å². The van der Waals surface area contributed by atoms with Crippen molar-refractivity contribution in [1.29, 1.82) is 0 Å². The van der Waals surface area contributed by atoms with Gasteiger partial charge in [0.1, 0.15) is 11.5 Å². The van der Waals surface area contributed by atoms with E-state index in [9.17, 15) is 14.7 Å².